The highest BCUT2D eigenvalue weighted by molar-refractivity contribution is 5.87. The number of alkyl halides is 1. The molecular formula is C15H19FN2O4. The van der Waals surface area contributed by atoms with Crippen molar-refractivity contribution in [3.8, 4) is 0 Å². The number of nitrogens with one attached hydrogen (secondary N) is 1. The van der Waals surface area contributed by atoms with Crippen LogP contribution in [0, 0.1) is 0 Å². The molecule has 0 spiro atoms. The Bertz CT molecular complexity index is 549. The third kappa shape index (κ3) is 3.94. The molecular weight excluding hydrogens is 291 g/mol. The summed E-state index contributed by atoms with van der Waals surface area (Å²) in [5.41, 5.74) is -0.793. The van der Waals surface area contributed by atoms with Crippen molar-refractivity contribution in [3.05, 3.63) is 35.4 Å². The molecule has 2 rings (SSSR count). The number of carbonyl (C=O) groups is 2. The molecule has 120 valence electrons. The Hall–Kier alpha value is -2.15. The van der Waals surface area contributed by atoms with E-state index in [1.165, 1.54) is 17.0 Å². The van der Waals surface area contributed by atoms with Crippen LogP contribution in [-0.4, -0.2) is 52.5 Å². The minimum Gasteiger partial charge on any atom is -0.478 e. The maximum Gasteiger partial charge on any atom is 0.335 e. The molecule has 3 N–H and O–H groups in total. The van der Waals surface area contributed by atoms with E-state index in [2.05, 4.69) is 5.32 Å². The summed E-state index contributed by atoms with van der Waals surface area (Å²) in [6.07, 6.45) is 0.766. The van der Waals surface area contributed by atoms with Crippen molar-refractivity contribution < 1.29 is 24.2 Å². The first-order valence-corrected chi connectivity index (χ1v) is 7.08. The maximum atomic E-state index is 14.1. The summed E-state index contributed by atoms with van der Waals surface area (Å²) in [5.74, 6) is -1.01. The van der Waals surface area contributed by atoms with Crippen LogP contribution in [0.4, 0.5) is 9.18 Å². The normalized spacial score (nSPS) is 21.5. The van der Waals surface area contributed by atoms with Gasteiger partial charge in [-0.1, -0.05) is 12.1 Å². The predicted molar refractivity (Wildman–Crippen MR) is 77.4 cm³/mol. The quantitative estimate of drug-likeness (QED) is 0.784. The molecule has 1 unspecified atom stereocenters. The first-order valence-electron chi connectivity index (χ1n) is 7.08. The molecule has 7 heteroatoms. The molecule has 6 nitrogen and oxygen atoms in total. The molecule has 1 aliphatic heterocycles. The molecule has 22 heavy (non-hydrogen) atoms. The van der Waals surface area contributed by atoms with Crippen LogP contribution in [0.25, 0.3) is 0 Å². The number of rotatable bonds is 4. The van der Waals surface area contributed by atoms with E-state index in [1.54, 1.807) is 12.1 Å². The second kappa shape index (κ2) is 6.74. The number of benzene rings is 1. The lowest BCUT2D eigenvalue weighted by Crippen LogP contribution is -2.52. The molecule has 1 saturated heterocycles. The van der Waals surface area contributed by atoms with E-state index in [0.717, 1.165) is 5.56 Å². The molecule has 1 aromatic rings. The summed E-state index contributed by atoms with van der Waals surface area (Å²) in [6, 6.07) is 5.77. The molecule has 1 atom stereocenters. The van der Waals surface area contributed by atoms with E-state index in [0.29, 0.717) is 13.0 Å². The molecule has 0 bridgehead atoms. The van der Waals surface area contributed by atoms with Gasteiger partial charge >= 0.3 is 12.0 Å². The van der Waals surface area contributed by atoms with Crippen LogP contribution in [0.3, 0.4) is 0 Å². The average Bonchev–Trinajstić information content (AvgIpc) is 2.53. The van der Waals surface area contributed by atoms with Crippen LogP contribution in [-0.2, 0) is 6.54 Å². The minimum atomic E-state index is -1.72. The monoisotopic (exact) mass is 310 g/mol. The standard InChI is InChI=1S/C15H19FN2O4/c16-15(10-19)6-1-7-18(9-15)14(22)17-8-11-2-4-12(5-3-11)13(20)21/h2-5,19H,1,6-10H2,(H,17,22)(H,20,21). The van der Waals surface area contributed by atoms with Crippen LogP contribution in [0.15, 0.2) is 24.3 Å². The maximum absolute atomic E-state index is 14.1. The zero-order valence-corrected chi connectivity index (χ0v) is 12.1. The van der Waals surface area contributed by atoms with Gasteiger partial charge in [-0.2, -0.15) is 0 Å². The SMILES string of the molecule is O=C(O)c1ccc(CNC(=O)N2CCCC(F)(CO)C2)cc1. The zero-order chi connectivity index (χ0) is 16.2. The highest BCUT2D eigenvalue weighted by atomic mass is 19.1. The predicted octanol–water partition coefficient (Wildman–Crippen LogP) is 1.39. The Morgan fingerprint density at radius 1 is 1.32 bits per heavy atom. The number of likely N-dealkylation sites (tertiary alicyclic amines) is 1. The fourth-order valence-corrected chi connectivity index (χ4v) is 2.44. The molecule has 2 amide bonds. The van der Waals surface area contributed by atoms with Crippen molar-refractivity contribution >= 4 is 12.0 Å². The van der Waals surface area contributed by atoms with Gasteiger partial charge in [0.2, 0.25) is 0 Å². The second-order valence-electron chi connectivity index (χ2n) is 5.49. The van der Waals surface area contributed by atoms with Crippen LogP contribution in [0.2, 0.25) is 0 Å². The lowest BCUT2D eigenvalue weighted by molar-refractivity contribution is 0.0115. The largest absolute Gasteiger partial charge is 0.478 e. The molecule has 1 aliphatic rings. The molecule has 1 aromatic carbocycles. The number of aliphatic hydroxyl groups is 1. The van der Waals surface area contributed by atoms with E-state index in [4.69, 9.17) is 10.2 Å². The number of nitrogens with zero attached hydrogens (tertiary/aromatic N) is 1. The van der Waals surface area contributed by atoms with Gasteiger partial charge in [0.1, 0.15) is 0 Å². The third-order valence-electron chi connectivity index (χ3n) is 3.74. The van der Waals surface area contributed by atoms with Crippen molar-refractivity contribution in [2.24, 2.45) is 0 Å². The van der Waals surface area contributed by atoms with Crippen molar-refractivity contribution in [3.63, 3.8) is 0 Å². The zero-order valence-electron chi connectivity index (χ0n) is 12.1. The van der Waals surface area contributed by atoms with E-state index in [9.17, 15) is 14.0 Å². The lowest BCUT2D eigenvalue weighted by Gasteiger charge is -2.36. The van der Waals surface area contributed by atoms with Gasteiger partial charge < -0.3 is 20.4 Å². The summed E-state index contributed by atoms with van der Waals surface area (Å²) >= 11 is 0. The number of carbonyl (C=O) groups excluding carboxylic acids is 1. The number of aliphatic hydroxyl groups excluding tert-OH is 1. The summed E-state index contributed by atoms with van der Waals surface area (Å²) in [5, 5.41) is 20.5. The van der Waals surface area contributed by atoms with Crippen molar-refractivity contribution in [2.45, 2.75) is 25.1 Å². The Labute approximate surface area is 127 Å². The highest BCUT2D eigenvalue weighted by Gasteiger charge is 2.36. The number of hydrogen-bond donors (Lipinski definition) is 3. The van der Waals surface area contributed by atoms with Gasteiger partial charge in [-0.25, -0.2) is 14.0 Å². The number of carboxylic acids is 1. The van der Waals surface area contributed by atoms with Crippen LogP contribution in [0.5, 0.6) is 0 Å². The fourth-order valence-electron chi connectivity index (χ4n) is 2.44. The van der Waals surface area contributed by atoms with Crippen molar-refractivity contribution in [1.29, 1.82) is 0 Å². The van der Waals surface area contributed by atoms with Gasteiger partial charge in [-0.3, -0.25) is 0 Å². The van der Waals surface area contributed by atoms with Crippen molar-refractivity contribution in [2.75, 3.05) is 19.7 Å². The van der Waals surface area contributed by atoms with Crippen LogP contribution >= 0.6 is 0 Å². The van der Waals surface area contributed by atoms with E-state index >= 15 is 0 Å². The molecule has 0 radical (unpaired) electrons. The van der Waals surface area contributed by atoms with Gasteiger partial charge in [0.25, 0.3) is 0 Å². The number of piperidine rings is 1. The number of urea groups is 1. The summed E-state index contributed by atoms with van der Waals surface area (Å²) in [6.45, 7) is -0.0240. The van der Waals surface area contributed by atoms with Crippen LogP contribution < -0.4 is 5.32 Å². The number of amides is 2. The van der Waals surface area contributed by atoms with Gasteiger partial charge in [0, 0.05) is 13.1 Å². The molecule has 0 aromatic heterocycles. The Kier molecular flexibility index (Phi) is 4.97. The molecule has 1 fully saturated rings. The summed E-state index contributed by atoms with van der Waals surface area (Å²) < 4.78 is 14.1. The first-order chi connectivity index (χ1) is 10.4. The second-order valence-corrected chi connectivity index (χ2v) is 5.49. The van der Waals surface area contributed by atoms with Gasteiger partial charge in [-0.05, 0) is 30.5 Å². The lowest BCUT2D eigenvalue weighted by atomic mass is 9.96. The van der Waals surface area contributed by atoms with Gasteiger partial charge in [0.15, 0.2) is 5.67 Å². The van der Waals surface area contributed by atoms with Crippen molar-refractivity contribution in [1.82, 2.24) is 10.2 Å². The highest BCUT2D eigenvalue weighted by Crippen LogP contribution is 2.24. The van der Waals surface area contributed by atoms with Crippen LogP contribution in [0.1, 0.15) is 28.8 Å². The smallest absolute Gasteiger partial charge is 0.335 e. The van der Waals surface area contributed by atoms with Gasteiger partial charge in [-0.15, -0.1) is 0 Å². The van der Waals surface area contributed by atoms with E-state index in [1.807, 2.05) is 0 Å². The Balaban J connectivity index is 1.88. The molecule has 0 saturated carbocycles. The average molecular weight is 310 g/mol. The number of hydrogen-bond acceptors (Lipinski definition) is 3. The molecule has 0 aliphatic carbocycles. The number of carboxylic acid groups (broad SMARTS) is 1. The first kappa shape index (κ1) is 16.2. The Morgan fingerprint density at radius 2 is 2.00 bits per heavy atom. The number of halogens is 1. The molecule has 1 heterocycles. The summed E-state index contributed by atoms with van der Waals surface area (Å²) in [7, 11) is 0. The minimum absolute atomic E-state index is 0.118. The Morgan fingerprint density at radius 3 is 2.59 bits per heavy atom. The third-order valence-corrected chi connectivity index (χ3v) is 3.74. The van der Waals surface area contributed by atoms with Gasteiger partial charge in [0.05, 0.1) is 18.7 Å². The number of aromatic carboxylic acids is 1. The fraction of sp³-hybridized carbons (Fsp3) is 0.467. The van der Waals surface area contributed by atoms with E-state index < -0.39 is 24.3 Å². The topological polar surface area (TPSA) is 89.9 Å². The van der Waals surface area contributed by atoms with E-state index in [-0.39, 0.29) is 25.1 Å². The summed E-state index contributed by atoms with van der Waals surface area (Å²) in [4.78, 5) is 24.1.